The monoisotopic (exact) mass is 324 g/mol. The van der Waals surface area contributed by atoms with Crippen molar-refractivity contribution in [1.82, 2.24) is 0 Å². The third-order valence-corrected chi connectivity index (χ3v) is 4.59. The third kappa shape index (κ3) is 5.02. The molecule has 0 amide bonds. The highest BCUT2D eigenvalue weighted by molar-refractivity contribution is 5.70. The minimum Gasteiger partial charge on any atom is -0.397 e. The molecule has 130 valence electrons. The molecule has 0 aromatic heterocycles. The Morgan fingerprint density at radius 2 is 2.00 bits per heavy atom. The van der Waals surface area contributed by atoms with E-state index in [2.05, 4.69) is 61.3 Å². The second-order valence-corrected chi connectivity index (χ2v) is 6.49. The van der Waals surface area contributed by atoms with Crippen LogP contribution in [0, 0.1) is 5.92 Å². The van der Waals surface area contributed by atoms with E-state index in [0.717, 1.165) is 37.2 Å². The molecule has 0 fully saturated rings. The molecule has 1 aromatic rings. The number of allylic oxidation sites excluding steroid dienone is 6. The molecule has 0 radical (unpaired) electrons. The maximum Gasteiger partial charge on any atom is 0.0641 e. The van der Waals surface area contributed by atoms with Crippen molar-refractivity contribution in [1.29, 1.82) is 0 Å². The van der Waals surface area contributed by atoms with Gasteiger partial charge in [-0.05, 0) is 43.9 Å². The molecule has 0 aliphatic heterocycles. The number of hydrogen-bond donors (Lipinski definition) is 1. The van der Waals surface area contributed by atoms with Gasteiger partial charge < -0.3 is 10.6 Å². The van der Waals surface area contributed by atoms with Crippen molar-refractivity contribution >= 4 is 11.4 Å². The Balaban J connectivity index is 2.26. The number of para-hydroxylation sites is 2. The molecule has 2 nitrogen and oxygen atoms in total. The predicted molar refractivity (Wildman–Crippen MR) is 107 cm³/mol. The van der Waals surface area contributed by atoms with Gasteiger partial charge in [0, 0.05) is 18.2 Å². The average Bonchev–Trinajstić information content (AvgIpc) is 2.61. The average molecular weight is 325 g/mol. The summed E-state index contributed by atoms with van der Waals surface area (Å²) in [6, 6.07) is 8.26. The third-order valence-electron chi connectivity index (χ3n) is 4.59. The van der Waals surface area contributed by atoms with Crippen LogP contribution in [0.1, 0.15) is 52.4 Å². The first-order valence-corrected chi connectivity index (χ1v) is 9.41. The number of rotatable bonds is 9. The molecule has 24 heavy (non-hydrogen) atoms. The molecule has 2 heteroatoms. The van der Waals surface area contributed by atoms with Crippen LogP contribution in [0.25, 0.3) is 0 Å². The second-order valence-electron chi connectivity index (χ2n) is 6.49. The highest BCUT2D eigenvalue weighted by Gasteiger charge is 2.22. The van der Waals surface area contributed by atoms with Crippen molar-refractivity contribution in [2.75, 3.05) is 17.2 Å². The van der Waals surface area contributed by atoms with Gasteiger partial charge in [0.05, 0.1) is 11.4 Å². The first-order chi connectivity index (χ1) is 11.8. The summed E-state index contributed by atoms with van der Waals surface area (Å²) in [5.41, 5.74) is 9.73. The SMILES string of the molecule is CCC=CCC1CC=CC=C1N(CCCCC)c1ccccc1N. The molecule has 0 heterocycles. The Hall–Kier alpha value is -1.96. The van der Waals surface area contributed by atoms with Crippen LogP contribution in [-0.2, 0) is 0 Å². The van der Waals surface area contributed by atoms with E-state index in [9.17, 15) is 0 Å². The van der Waals surface area contributed by atoms with Crippen LogP contribution in [0.5, 0.6) is 0 Å². The number of unbranched alkanes of at least 4 members (excludes halogenated alkanes) is 2. The second kappa shape index (κ2) is 10.0. The van der Waals surface area contributed by atoms with Gasteiger partial charge in [0.2, 0.25) is 0 Å². The molecule has 0 saturated carbocycles. The highest BCUT2D eigenvalue weighted by atomic mass is 15.2. The quantitative estimate of drug-likeness (QED) is 0.339. The number of benzene rings is 1. The van der Waals surface area contributed by atoms with Crippen LogP contribution < -0.4 is 10.6 Å². The van der Waals surface area contributed by atoms with Gasteiger partial charge in [0.1, 0.15) is 0 Å². The molecule has 2 rings (SSSR count). The zero-order valence-electron chi connectivity index (χ0n) is 15.2. The van der Waals surface area contributed by atoms with Crippen molar-refractivity contribution < 1.29 is 0 Å². The standard InChI is InChI=1S/C22H32N2/c1-3-5-7-13-19-14-8-10-16-21(19)24(18-12-6-4-2)22-17-11-9-15-20(22)23/h5,7-11,15-17,19H,3-4,6,12-14,18,23H2,1-2H3. The normalized spacial score (nSPS) is 17.2. The van der Waals surface area contributed by atoms with E-state index in [1.807, 2.05) is 12.1 Å². The number of nitrogens with zero attached hydrogens (tertiary/aromatic N) is 1. The van der Waals surface area contributed by atoms with E-state index in [1.165, 1.54) is 25.0 Å². The number of nitrogen functional groups attached to an aromatic ring is 1. The summed E-state index contributed by atoms with van der Waals surface area (Å²) in [6.45, 7) is 5.48. The Morgan fingerprint density at radius 3 is 2.75 bits per heavy atom. The van der Waals surface area contributed by atoms with E-state index in [4.69, 9.17) is 5.73 Å². The summed E-state index contributed by atoms with van der Waals surface area (Å²) < 4.78 is 0. The lowest BCUT2D eigenvalue weighted by Gasteiger charge is -2.34. The summed E-state index contributed by atoms with van der Waals surface area (Å²) in [4.78, 5) is 2.46. The lowest BCUT2D eigenvalue weighted by molar-refractivity contribution is 0.583. The van der Waals surface area contributed by atoms with Gasteiger partial charge in [-0.2, -0.15) is 0 Å². The summed E-state index contributed by atoms with van der Waals surface area (Å²) in [5, 5.41) is 0. The summed E-state index contributed by atoms with van der Waals surface area (Å²) >= 11 is 0. The lowest BCUT2D eigenvalue weighted by Crippen LogP contribution is -2.29. The zero-order chi connectivity index (χ0) is 17.2. The van der Waals surface area contributed by atoms with Crippen LogP contribution in [0.4, 0.5) is 11.4 Å². The number of anilines is 2. The van der Waals surface area contributed by atoms with E-state index in [0.29, 0.717) is 5.92 Å². The molecule has 0 bridgehead atoms. The van der Waals surface area contributed by atoms with Crippen molar-refractivity contribution in [2.45, 2.75) is 52.4 Å². The van der Waals surface area contributed by atoms with Crippen LogP contribution in [0.2, 0.25) is 0 Å². The van der Waals surface area contributed by atoms with E-state index >= 15 is 0 Å². The fourth-order valence-electron chi connectivity index (χ4n) is 3.26. The largest absolute Gasteiger partial charge is 0.397 e. The fourth-order valence-corrected chi connectivity index (χ4v) is 3.26. The molecule has 1 aliphatic carbocycles. The lowest BCUT2D eigenvalue weighted by atomic mass is 9.91. The van der Waals surface area contributed by atoms with Gasteiger partial charge in [0.15, 0.2) is 0 Å². The van der Waals surface area contributed by atoms with Crippen molar-refractivity contribution in [2.24, 2.45) is 5.92 Å². The number of hydrogen-bond acceptors (Lipinski definition) is 2. The van der Waals surface area contributed by atoms with Crippen molar-refractivity contribution in [3.05, 3.63) is 60.3 Å². The maximum absolute atomic E-state index is 6.30. The van der Waals surface area contributed by atoms with Crippen LogP contribution in [0.15, 0.2) is 60.3 Å². The van der Waals surface area contributed by atoms with Gasteiger partial charge in [-0.3, -0.25) is 0 Å². The Kier molecular flexibility index (Phi) is 7.67. The summed E-state index contributed by atoms with van der Waals surface area (Å²) in [6.07, 6.45) is 18.4. The van der Waals surface area contributed by atoms with Crippen LogP contribution in [0.3, 0.4) is 0 Å². The minimum absolute atomic E-state index is 0.541. The Labute approximate surface area is 147 Å². The van der Waals surface area contributed by atoms with E-state index in [1.54, 1.807) is 0 Å². The summed E-state index contributed by atoms with van der Waals surface area (Å²) in [5.74, 6) is 0.541. The Bertz CT molecular complexity index is 583. The first kappa shape index (κ1) is 18.4. The first-order valence-electron chi connectivity index (χ1n) is 9.41. The molecule has 1 aliphatic rings. The molecule has 1 aromatic carbocycles. The van der Waals surface area contributed by atoms with Gasteiger partial charge in [-0.25, -0.2) is 0 Å². The molecule has 1 unspecified atom stereocenters. The van der Waals surface area contributed by atoms with Gasteiger partial charge >= 0.3 is 0 Å². The molecule has 1 atom stereocenters. The minimum atomic E-state index is 0.541. The Morgan fingerprint density at radius 1 is 1.17 bits per heavy atom. The van der Waals surface area contributed by atoms with Crippen LogP contribution in [-0.4, -0.2) is 6.54 Å². The summed E-state index contributed by atoms with van der Waals surface area (Å²) in [7, 11) is 0. The molecule has 0 spiro atoms. The van der Waals surface area contributed by atoms with Crippen LogP contribution >= 0.6 is 0 Å². The molecule has 2 N–H and O–H groups in total. The van der Waals surface area contributed by atoms with Gasteiger partial charge in [0.25, 0.3) is 0 Å². The van der Waals surface area contributed by atoms with Gasteiger partial charge in [-0.1, -0.05) is 63.1 Å². The number of nitrogens with two attached hydrogens (primary N) is 1. The molecular weight excluding hydrogens is 292 g/mol. The predicted octanol–water partition coefficient (Wildman–Crippen LogP) is 6.08. The maximum atomic E-state index is 6.30. The topological polar surface area (TPSA) is 29.3 Å². The molecular formula is C22H32N2. The smallest absolute Gasteiger partial charge is 0.0641 e. The zero-order valence-corrected chi connectivity index (χ0v) is 15.2. The van der Waals surface area contributed by atoms with Crippen molar-refractivity contribution in [3.8, 4) is 0 Å². The molecule has 0 saturated heterocycles. The fraction of sp³-hybridized carbons (Fsp3) is 0.455. The van der Waals surface area contributed by atoms with Gasteiger partial charge in [-0.15, -0.1) is 0 Å². The van der Waals surface area contributed by atoms with Crippen molar-refractivity contribution in [3.63, 3.8) is 0 Å². The van der Waals surface area contributed by atoms with E-state index in [-0.39, 0.29) is 0 Å². The highest BCUT2D eigenvalue weighted by Crippen LogP contribution is 2.34. The van der Waals surface area contributed by atoms with E-state index < -0.39 is 0 Å².